The Morgan fingerprint density at radius 1 is 1.27 bits per heavy atom. The summed E-state index contributed by atoms with van der Waals surface area (Å²) >= 11 is 0.955. The number of thiophene rings is 1. The number of amides is 1. The molecule has 2 heterocycles. The maximum absolute atomic E-state index is 12.5. The van der Waals surface area contributed by atoms with Gasteiger partial charge in [-0.15, -0.1) is 11.3 Å². The van der Waals surface area contributed by atoms with Crippen LogP contribution in [0.5, 0.6) is 0 Å². The van der Waals surface area contributed by atoms with Gasteiger partial charge in [0.25, 0.3) is 5.56 Å². The molecule has 0 fully saturated rings. The summed E-state index contributed by atoms with van der Waals surface area (Å²) in [7, 11) is 4.06. The van der Waals surface area contributed by atoms with Crippen molar-refractivity contribution in [2.24, 2.45) is 5.73 Å². The van der Waals surface area contributed by atoms with Crippen molar-refractivity contribution < 1.29 is 23.9 Å². The summed E-state index contributed by atoms with van der Waals surface area (Å²) in [5, 5.41) is 0.141. The number of methoxy groups -OCH3 is 2. The number of rotatable bonds is 7. The summed E-state index contributed by atoms with van der Waals surface area (Å²) in [6.07, 6.45) is -0.257. The van der Waals surface area contributed by atoms with Gasteiger partial charge in [-0.05, 0) is 7.05 Å². The van der Waals surface area contributed by atoms with Crippen molar-refractivity contribution >= 4 is 39.4 Å². The lowest BCUT2D eigenvalue weighted by atomic mass is 10.1. The van der Waals surface area contributed by atoms with E-state index in [0.717, 1.165) is 11.3 Å². The van der Waals surface area contributed by atoms with Crippen molar-refractivity contribution in [3.05, 3.63) is 26.6 Å². The Hall–Kier alpha value is -2.79. The molecule has 2 aromatic heterocycles. The van der Waals surface area contributed by atoms with Gasteiger partial charge in [0, 0.05) is 5.56 Å². The predicted octanol–water partition coefficient (Wildman–Crippen LogP) is -0.596. The lowest BCUT2D eigenvalue weighted by Gasteiger charge is -2.13. The van der Waals surface area contributed by atoms with Gasteiger partial charge in [-0.25, -0.2) is 9.78 Å². The van der Waals surface area contributed by atoms with Crippen molar-refractivity contribution in [1.82, 2.24) is 14.9 Å². The van der Waals surface area contributed by atoms with E-state index < -0.39 is 23.4 Å². The predicted molar refractivity (Wildman–Crippen MR) is 92.8 cm³/mol. The standard InChI is InChI=1S/C15H18N4O6S/c1-19(5-8(16)20)6-9-17-13(22)11-7(4-10(21)24-2)12(15(23)25-3)26-14(11)18-9/h4-6H2,1-3H3,(H2,16,20)(H,17,18,22). The third kappa shape index (κ3) is 4.24. The number of carbonyl (C=O) groups excluding carboxylic acids is 3. The lowest BCUT2D eigenvalue weighted by Crippen LogP contribution is -2.31. The average Bonchev–Trinajstić information content (AvgIpc) is 2.91. The largest absolute Gasteiger partial charge is 0.469 e. The molecule has 26 heavy (non-hydrogen) atoms. The Morgan fingerprint density at radius 3 is 2.54 bits per heavy atom. The first kappa shape index (κ1) is 19.5. The number of hydrogen-bond donors (Lipinski definition) is 2. The molecule has 140 valence electrons. The number of carbonyl (C=O) groups is 3. The summed E-state index contributed by atoms with van der Waals surface area (Å²) in [5.74, 6) is -1.48. The minimum Gasteiger partial charge on any atom is -0.469 e. The van der Waals surface area contributed by atoms with Crippen LogP contribution in [0.1, 0.15) is 21.1 Å². The first-order chi connectivity index (χ1) is 12.3. The molecule has 0 aliphatic carbocycles. The molecule has 0 saturated heterocycles. The molecular weight excluding hydrogens is 364 g/mol. The van der Waals surface area contributed by atoms with Crippen LogP contribution in [0.15, 0.2) is 4.79 Å². The molecule has 0 unspecified atom stereocenters. The van der Waals surface area contributed by atoms with Gasteiger partial charge in [-0.3, -0.25) is 19.3 Å². The smallest absolute Gasteiger partial charge is 0.348 e. The lowest BCUT2D eigenvalue weighted by molar-refractivity contribution is -0.139. The van der Waals surface area contributed by atoms with Gasteiger partial charge < -0.3 is 20.2 Å². The molecule has 10 nitrogen and oxygen atoms in total. The quantitative estimate of drug-likeness (QED) is 0.604. The molecule has 11 heteroatoms. The molecule has 0 aliphatic heterocycles. The van der Waals surface area contributed by atoms with Crippen LogP contribution in [0.2, 0.25) is 0 Å². The zero-order valence-electron chi connectivity index (χ0n) is 14.5. The molecule has 0 aliphatic rings. The second kappa shape index (κ2) is 8.06. The van der Waals surface area contributed by atoms with Crippen molar-refractivity contribution in [3.8, 4) is 0 Å². The van der Waals surface area contributed by atoms with Crippen LogP contribution in [-0.2, 0) is 32.0 Å². The topological polar surface area (TPSA) is 145 Å². The van der Waals surface area contributed by atoms with E-state index in [4.69, 9.17) is 10.5 Å². The van der Waals surface area contributed by atoms with Gasteiger partial charge in [0.15, 0.2) is 0 Å². The number of nitrogens with zero attached hydrogens (tertiary/aromatic N) is 2. The highest BCUT2D eigenvalue weighted by molar-refractivity contribution is 7.20. The van der Waals surface area contributed by atoms with Crippen LogP contribution in [0.25, 0.3) is 10.2 Å². The van der Waals surface area contributed by atoms with E-state index in [-0.39, 0.29) is 40.2 Å². The number of aromatic nitrogens is 2. The van der Waals surface area contributed by atoms with Crippen LogP contribution in [0, 0.1) is 0 Å². The number of fused-ring (bicyclic) bond motifs is 1. The number of esters is 2. The maximum Gasteiger partial charge on any atom is 0.348 e. The number of primary amides is 1. The van der Waals surface area contributed by atoms with Crippen LogP contribution in [-0.4, -0.2) is 60.5 Å². The molecule has 0 aromatic carbocycles. The summed E-state index contributed by atoms with van der Waals surface area (Å²) < 4.78 is 9.34. The van der Waals surface area contributed by atoms with E-state index in [1.807, 2.05) is 0 Å². The van der Waals surface area contributed by atoms with Crippen molar-refractivity contribution in [2.75, 3.05) is 27.8 Å². The zero-order chi connectivity index (χ0) is 19.4. The summed E-state index contributed by atoms with van der Waals surface area (Å²) in [4.78, 5) is 56.1. The molecule has 2 rings (SSSR count). The number of ether oxygens (including phenoxy) is 2. The zero-order valence-corrected chi connectivity index (χ0v) is 15.3. The first-order valence-corrected chi connectivity index (χ1v) is 8.25. The van der Waals surface area contributed by atoms with E-state index in [1.54, 1.807) is 11.9 Å². The van der Waals surface area contributed by atoms with E-state index in [1.165, 1.54) is 14.2 Å². The van der Waals surface area contributed by atoms with Gasteiger partial charge in [-0.2, -0.15) is 0 Å². The third-order valence-corrected chi connectivity index (χ3v) is 4.58. The minimum atomic E-state index is -0.668. The van der Waals surface area contributed by atoms with Gasteiger partial charge in [0.2, 0.25) is 5.91 Å². The molecule has 0 bridgehead atoms. The Bertz CT molecular complexity index is 919. The third-order valence-electron chi connectivity index (χ3n) is 3.47. The number of likely N-dealkylation sites (N-methyl/N-ethyl adjacent to an activating group) is 1. The van der Waals surface area contributed by atoms with Crippen molar-refractivity contribution in [1.29, 1.82) is 0 Å². The molecule has 0 radical (unpaired) electrons. The molecule has 0 atom stereocenters. The maximum atomic E-state index is 12.5. The Balaban J connectivity index is 2.53. The van der Waals surface area contributed by atoms with E-state index in [9.17, 15) is 19.2 Å². The molecule has 2 aromatic rings. The SMILES string of the molecule is COC(=O)Cc1c(C(=O)OC)sc2nc(CN(C)CC(N)=O)[nH]c(=O)c12. The number of hydrogen-bond acceptors (Lipinski definition) is 9. The van der Waals surface area contributed by atoms with Crippen LogP contribution < -0.4 is 11.3 Å². The van der Waals surface area contributed by atoms with E-state index in [0.29, 0.717) is 5.82 Å². The minimum absolute atomic E-state index is 0.00676. The number of H-pyrrole nitrogens is 1. The number of nitrogens with one attached hydrogen (secondary N) is 1. The van der Waals surface area contributed by atoms with Crippen molar-refractivity contribution in [2.45, 2.75) is 13.0 Å². The Morgan fingerprint density at radius 2 is 1.96 bits per heavy atom. The number of aromatic amines is 1. The van der Waals surface area contributed by atoms with Crippen LogP contribution >= 0.6 is 11.3 Å². The second-order valence-electron chi connectivity index (χ2n) is 5.49. The second-order valence-corrected chi connectivity index (χ2v) is 6.48. The van der Waals surface area contributed by atoms with Crippen LogP contribution in [0.3, 0.4) is 0 Å². The fourth-order valence-electron chi connectivity index (χ4n) is 2.40. The van der Waals surface area contributed by atoms with Crippen molar-refractivity contribution in [3.63, 3.8) is 0 Å². The normalized spacial score (nSPS) is 10.9. The highest BCUT2D eigenvalue weighted by Crippen LogP contribution is 2.29. The highest BCUT2D eigenvalue weighted by Gasteiger charge is 2.24. The van der Waals surface area contributed by atoms with E-state index in [2.05, 4.69) is 14.7 Å². The van der Waals surface area contributed by atoms with Gasteiger partial charge in [0.1, 0.15) is 15.5 Å². The molecular formula is C15H18N4O6S. The van der Waals surface area contributed by atoms with Gasteiger partial charge in [-0.1, -0.05) is 0 Å². The molecule has 0 saturated carbocycles. The average molecular weight is 382 g/mol. The van der Waals surface area contributed by atoms with Gasteiger partial charge in [0.05, 0.1) is 39.1 Å². The van der Waals surface area contributed by atoms with Crippen LogP contribution in [0.4, 0.5) is 0 Å². The Kier molecular flexibility index (Phi) is 6.05. The van der Waals surface area contributed by atoms with E-state index >= 15 is 0 Å². The fraction of sp³-hybridized carbons (Fsp3) is 0.400. The highest BCUT2D eigenvalue weighted by atomic mass is 32.1. The Labute approximate surface area is 151 Å². The summed E-state index contributed by atoms with van der Waals surface area (Å²) in [6, 6.07) is 0. The molecule has 0 spiro atoms. The summed E-state index contributed by atoms with van der Waals surface area (Å²) in [6.45, 7) is 0.166. The summed E-state index contributed by atoms with van der Waals surface area (Å²) in [5.41, 5.74) is 4.85. The monoisotopic (exact) mass is 382 g/mol. The first-order valence-electron chi connectivity index (χ1n) is 7.43. The van der Waals surface area contributed by atoms with Gasteiger partial charge >= 0.3 is 11.9 Å². The molecule has 1 amide bonds. The fourth-order valence-corrected chi connectivity index (χ4v) is 3.54. The molecule has 3 N–H and O–H groups in total. The number of nitrogens with two attached hydrogens (primary N) is 1.